The monoisotopic (exact) mass is 322 g/mol. The van der Waals surface area contributed by atoms with Gasteiger partial charge in [0.1, 0.15) is 10.6 Å². The summed E-state index contributed by atoms with van der Waals surface area (Å²) in [4.78, 5) is -0.154. The van der Waals surface area contributed by atoms with Crippen LogP contribution in [-0.4, -0.2) is 34.5 Å². The van der Waals surface area contributed by atoms with Crippen molar-refractivity contribution < 1.29 is 21.9 Å². The summed E-state index contributed by atoms with van der Waals surface area (Å²) in [7, 11) is -2.69. The lowest BCUT2D eigenvalue weighted by Crippen LogP contribution is -2.29. The van der Waals surface area contributed by atoms with E-state index in [1.165, 1.54) is 13.2 Å². The molecule has 0 radical (unpaired) electrons. The molecule has 0 saturated carbocycles. The van der Waals surface area contributed by atoms with Crippen LogP contribution >= 0.6 is 0 Å². The molecule has 0 aliphatic heterocycles. The second-order valence-electron chi connectivity index (χ2n) is 4.76. The SMILES string of the molecule is COc1cc(CNC(C)C)ccc1S(=O)(=O)NCC(F)F. The summed E-state index contributed by atoms with van der Waals surface area (Å²) in [6.07, 6.45) is -2.75. The van der Waals surface area contributed by atoms with Gasteiger partial charge in [0.25, 0.3) is 6.43 Å². The maximum absolute atomic E-state index is 12.1. The Bertz CT molecular complexity index is 563. The Morgan fingerprint density at radius 3 is 2.48 bits per heavy atom. The van der Waals surface area contributed by atoms with E-state index in [2.05, 4.69) is 5.32 Å². The number of sulfonamides is 1. The Morgan fingerprint density at radius 1 is 1.29 bits per heavy atom. The molecule has 0 aromatic heterocycles. The van der Waals surface area contributed by atoms with Crippen molar-refractivity contribution in [2.45, 2.75) is 37.8 Å². The molecule has 0 bridgehead atoms. The summed E-state index contributed by atoms with van der Waals surface area (Å²) in [5, 5.41) is 3.19. The van der Waals surface area contributed by atoms with Crippen molar-refractivity contribution in [2.75, 3.05) is 13.7 Å². The summed E-state index contributed by atoms with van der Waals surface area (Å²) in [5.74, 6) is 0.125. The van der Waals surface area contributed by atoms with Crippen molar-refractivity contribution in [2.24, 2.45) is 0 Å². The van der Waals surface area contributed by atoms with Gasteiger partial charge in [-0.05, 0) is 17.7 Å². The minimum absolute atomic E-state index is 0.125. The number of hydrogen-bond acceptors (Lipinski definition) is 4. The van der Waals surface area contributed by atoms with Gasteiger partial charge >= 0.3 is 0 Å². The molecule has 0 saturated heterocycles. The molecule has 0 spiro atoms. The third-order valence-corrected chi connectivity index (χ3v) is 4.12. The predicted molar refractivity (Wildman–Crippen MR) is 76.2 cm³/mol. The lowest BCUT2D eigenvalue weighted by atomic mass is 10.2. The Labute approximate surface area is 123 Å². The van der Waals surface area contributed by atoms with Crippen LogP contribution in [0.5, 0.6) is 5.75 Å². The van der Waals surface area contributed by atoms with Crippen molar-refractivity contribution in [3.05, 3.63) is 23.8 Å². The van der Waals surface area contributed by atoms with Gasteiger partial charge in [-0.25, -0.2) is 21.9 Å². The average molecular weight is 322 g/mol. The number of methoxy groups -OCH3 is 1. The Morgan fingerprint density at radius 2 is 1.95 bits per heavy atom. The summed E-state index contributed by atoms with van der Waals surface area (Å²) in [6.45, 7) is 3.61. The molecule has 1 aromatic rings. The van der Waals surface area contributed by atoms with E-state index in [1.807, 2.05) is 18.6 Å². The first-order valence-corrected chi connectivity index (χ1v) is 7.92. The van der Waals surface area contributed by atoms with Crippen molar-refractivity contribution in [1.82, 2.24) is 10.0 Å². The van der Waals surface area contributed by atoms with E-state index in [0.717, 1.165) is 5.56 Å². The zero-order valence-corrected chi connectivity index (χ0v) is 13.0. The Hall–Kier alpha value is -1.25. The van der Waals surface area contributed by atoms with Gasteiger partial charge in [-0.2, -0.15) is 0 Å². The second-order valence-corrected chi connectivity index (χ2v) is 6.50. The quantitative estimate of drug-likeness (QED) is 0.765. The maximum atomic E-state index is 12.1. The molecule has 0 fully saturated rings. The van der Waals surface area contributed by atoms with Crippen LogP contribution in [0.3, 0.4) is 0 Å². The zero-order valence-electron chi connectivity index (χ0n) is 12.2. The largest absolute Gasteiger partial charge is 0.495 e. The molecule has 0 aliphatic rings. The van der Waals surface area contributed by atoms with Gasteiger partial charge in [0.15, 0.2) is 0 Å². The van der Waals surface area contributed by atoms with Crippen LogP contribution in [-0.2, 0) is 16.6 Å². The third-order valence-electron chi connectivity index (χ3n) is 2.66. The molecule has 2 N–H and O–H groups in total. The topological polar surface area (TPSA) is 67.4 Å². The first kappa shape index (κ1) is 17.8. The molecule has 0 atom stereocenters. The Balaban J connectivity index is 2.97. The third kappa shape index (κ3) is 5.56. The number of nitrogens with one attached hydrogen (secondary N) is 2. The first-order valence-electron chi connectivity index (χ1n) is 6.44. The van der Waals surface area contributed by atoms with Crippen LogP contribution in [0, 0.1) is 0 Å². The second kappa shape index (κ2) is 7.67. The molecule has 8 heteroatoms. The fourth-order valence-electron chi connectivity index (χ4n) is 1.62. The van der Waals surface area contributed by atoms with Gasteiger partial charge in [0.2, 0.25) is 10.0 Å². The van der Waals surface area contributed by atoms with Crippen LogP contribution in [0.2, 0.25) is 0 Å². The van der Waals surface area contributed by atoms with E-state index in [4.69, 9.17) is 4.74 Å². The lowest BCUT2D eigenvalue weighted by Gasteiger charge is -2.13. The van der Waals surface area contributed by atoms with Gasteiger partial charge in [-0.15, -0.1) is 0 Å². The highest BCUT2D eigenvalue weighted by Gasteiger charge is 2.21. The molecule has 5 nitrogen and oxygen atoms in total. The molecule has 120 valence electrons. The van der Waals surface area contributed by atoms with E-state index in [-0.39, 0.29) is 16.7 Å². The van der Waals surface area contributed by atoms with Crippen LogP contribution < -0.4 is 14.8 Å². The van der Waals surface area contributed by atoms with E-state index < -0.39 is 23.0 Å². The highest BCUT2D eigenvalue weighted by atomic mass is 32.2. The van der Waals surface area contributed by atoms with E-state index >= 15 is 0 Å². The molecular weight excluding hydrogens is 302 g/mol. The van der Waals surface area contributed by atoms with Crippen molar-refractivity contribution in [3.63, 3.8) is 0 Å². The van der Waals surface area contributed by atoms with Crippen molar-refractivity contribution in [3.8, 4) is 5.75 Å². The van der Waals surface area contributed by atoms with Gasteiger partial charge < -0.3 is 10.1 Å². The highest BCUT2D eigenvalue weighted by Crippen LogP contribution is 2.25. The molecule has 0 heterocycles. The summed E-state index contributed by atoms with van der Waals surface area (Å²) >= 11 is 0. The van der Waals surface area contributed by atoms with Gasteiger partial charge in [0, 0.05) is 12.6 Å². The predicted octanol–water partition coefficient (Wildman–Crippen LogP) is 1.74. The number of ether oxygens (including phenoxy) is 1. The van der Waals surface area contributed by atoms with Gasteiger partial charge in [-0.3, -0.25) is 0 Å². The number of halogens is 2. The first-order chi connectivity index (χ1) is 9.76. The summed E-state index contributed by atoms with van der Waals surface area (Å²) in [6, 6.07) is 4.83. The number of rotatable bonds is 8. The van der Waals surface area contributed by atoms with Gasteiger partial charge in [-0.1, -0.05) is 19.9 Å². The van der Waals surface area contributed by atoms with Gasteiger partial charge in [0.05, 0.1) is 13.7 Å². The molecule has 0 unspecified atom stereocenters. The van der Waals surface area contributed by atoms with Crippen LogP contribution in [0.15, 0.2) is 23.1 Å². The molecule has 21 heavy (non-hydrogen) atoms. The minimum Gasteiger partial charge on any atom is -0.495 e. The fourth-order valence-corrected chi connectivity index (χ4v) is 2.77. The van der Waals surface area contributed by atoms with E-state index in [1.54, 1.807) is 12.1 Å². The van der Waals surface area contributed by atoms with Crippen LogP contribution in [0.1, 0.15) is 19.4 Å². The molecule has 1 aromatic carbocycles. The van der Waals surface area contributed by atoms with E-state index in [0.29, 0.717) is 6.54 Å². The average Bonchev–Trinajstić information content (AvgIpc) is 2.42. The highest BCUT2D eigenvalue weighted by molar-refractivity contribution is 7.89. The lowest BCUT2D eigenvalue weighted by molar-refractivity contribution is 0.153. The molecular formula is C13H20F2N2O3S. The van der Waals surface area contributed by atoms with Crippen molar-refractivity contribution >= 4 is 10.0 Å². The summed E-state index contributed by atoms with van der Waals surface area (Å²) in [5.41, 5.74) is 0.841. The number of benzene rings is 1. The smallest absolute Gasteiger partial charge is 0.251 e. The van der Waals surface area contributed by atoms with E-state index in [9.17, 15) is 17.2 Å². The standard InChI is InChI=1S/C13H20F2N2O3S/c1-9(2)16-7-10-4-5-12(11(6-10)20-3)21(18,19)17-8-13(14)15/h4-6,9,13,16-17H,7-8H2,1-3H3. The molecule has 0 aliphatic carbocycles. The Kier molecular flexibility index (Phi) is 6.50. The number of alkyl halides is 2. The van der Waals surface area contributed by atoms with Crippen LogP contribution in [0.4, 0.5) is 8.78 Å². The normalized spacial score (nSPS) is 12.1. The molecule has 0 amide bonds. The molecule has 1 rings (SSSR count). The summed E-state index contributed by atoms with van der Waals surface area (Å²) < 4.78 is 55.1. The van der Waals surface area contributed by atoms with Crippen molar-refractivity contribution in [1.29, 1.82) is 0 Å². The number of hydrogen-bond donors (Lipinski definition) is 2. The maximum Gasteiger partial charge on any atom is 0.251 e. The zero-order chi connectivity index (χ0) is 16.0. The fraction of sp³-hybridized carbons (Fsp3) is 0.538. The van der Waals surface area contributed by atoms with Crippen LogP contribution in [0.25, 0.3) is 0 Å². The minimum atomic E-state index is -4.02.